The van der Waals surface area contributed by atoms with Crippen molar-refractivity contribution < 1.29 is 0 Å². The molecule has 1 aliphatic heterocycles. The van der Waals surface area contributed by atoms with Crippen molar-refractivity contribution in [2.24, 2.45) is 9.98 Å². The second kappa shape index (κ2) is 11.7. The van der Waals surface area contributed by atoms with Gasteiger partial charge in [0, 0.05) is 21.9 Å². The van der Waals surface area contributed by atoms with E-state index >= 15 is 0 Å². The van der Waals surface area contributed by atoms with Gasteiger partial charge in [-0.05, 0) is 58.7 Å². The Morgan fingerprint density at radius 1 is 0.292 bits per heavy atom. The number of nitrogens with zero attached hydrogens (tertiary/aromatic N) is 4. The summed E-state index contributed by atoms with van der Waals surface area (Å²) in [6.07, 6.45) is 0. The molecule has 0 aliphatic carbocycles. The van der Waals surface area contributed by atoms with Crippen LogP contribution in [0.5, 0.6) is 0 Å². The summed E-state index contributed by atoms with van der Waals surface area (Å²) in [6.45, 7) is 0. The molecule has 4 nitrogen and oxygen atoms in total. The zero-order chi connectivity index (χ0) is 31.9. The van der Waals surface area contributed by atoms with Gasteiger partial charge in [-0.2, -0.15) is 0 Å². The summed E-state index contributed by atoms with van der Waals surface area (Å²) in [5.41, 5.74) is 12.7. The molecule has 0 atom stereocenters. The Bertz CT molecular complexity index is 2370. The minimum absolute atomic E-state index is 0.731. The Morgan fingerprint density at radius 3 is 1.12 bits per heavy atom. The molecule has 0 amide bonds. The highest BCUT2D eigenvalue weighted by atomic mass is 14.9. The Hall–Kier alpha value is -6.52. The normalized spacial score (nSPS) is 14.6. The van der Waals surface area contributed by atoms with Gasteiger partial charge in [-0.3, -0.25) is 0 Å². The van der Waals surface area contributed by atoms with Gasteiger partial charge in [0.2, 0.25) is 0 Å². The van der Waals surface area contributed by atoms with Gasteiger partial charge >= 0.3 is 0 Å². The largest absolute Gasteiger partial charge is 0.244 e. The van der Waals surface area contributed by atoms with Crippen molar-refractivity contribution >= 4 is 44.6 Å². The predicted molar refractivity (Wildman–Crippen MR) is 198 cm³/mol. The Kier molecular flexibility index (Phi) is 6.76. The number of fused-ring (bicyclic) bond motifs is 4. The molecule has 48 heavy (non-hydrogen) atoms. The van der Waals surface area contributed by atoms with Gasteiger partial charge in [0.1, 0.15) is 11.4 Å². The van der Waals surface area contributed by atoms with Gasteiger partial charge in [-0.15, -0.1) is 0 Å². The topological polar surface area (TPSA) is 50.5 Å². The van der Waals surface area contributed by atoms with E-state index in [1.807, 2.05) is 48.5 Å². The summed E-state index contributed by atoms with van der Waals surface area (Å²) in [6, 6.07) is 58.5. The maximum absolute atomic E-state index is 5.47. The highest BCUT2D eigenvalue weighted by molar-refractivity contribution is 6.23. The maximum Gasteiger partial charge on any atom is 0.116 e. The van der Waals surface area contributed by atoms with E-state index in [4.69, 9.17) is 20.0 Å². The van der Waals surface area contributed by atoms with E-state index in [-0.39, 0.29) is 0 Å². The third-order valence-electron chi connectivity index (χ3n) is 8.81. The summed E-state index contributed by atoms with van der Waals surface area (Å²) >= 11 is 0. The average molecular weight is 613 g/mol. The molecule has 6 aromatic carbocycles. The lowest BCUT2D eigenvalue weighted by molar-refractivity contribution is 1.27. The Labute approximate surface area is 278 Å². The van der Waals surface area contributed by atoms with Gasteiger partial charge in [0.15, 0.2) is 0 Å². The van der Waals surface area contributed by atoms with Crippen molar-refractivity contribution in [3.63, 3.8) is 0 Å². The molecule has 224 valence electrons. The van der Waals surface area contributed by atoms with Crippen LogP contribution in [-0.2, 0) is 0 Å². The van der Waals surface area contributed by atoms with Crippen LogP contribution in [0.25, 0.3) is 44.1 Å². The first-order chi connectivity index (χ1) is 23.8. The van der Waals surface area contributed by atoms with E-state index in [1.165, 1.54) is 0 Å². The molecule has 0 saturated heterocycles. The molecule has 0 bridgehead atoms. The van der Waals surface area contributed by atoms with E-state index in [0.29, 0.717) is 0 Å². The molecular formula is C44H28N4. The second-order valence-corrected chi connectivity index (χ2v) is 11.9. The van der Waals surface area contributed by atoms with Crippen molar-refractivity contribution in [1.82, 2.24) is 9.97 Å². The van der Waals surface area contributed by atoms with E-state index in [9.17, 15) is 0 Å². The molecule has 2 aromatic heterocycles. The molecule has 0 saturated carbocycles. The van der Waals surface area contributed by atoms with Crippen LogP contribution in [0, 0.1) is 0 Å². The van der Waals surface area contributed by atoms with Crippen LogP contribution in [0.3, 0.4) is 0 Å². The van der Waals surface area contributed by atoms with Gasteiger partial charge in [-0.1, -0.05) is 133 Å². The van der Waals surface area contributed by atoms with Crippen molar-refractivity contribution in [1.29, 1.82) is 0 Å². The SMILES string of the molecule is c1ccc(-c2cccc(/C3=N/c4cc5ccccc5nc4/C(c4cccc(-c5ccccc5)c4)=N\c4cc5ccccc5nc43)c2)cc1. The number of rotatable bonds is 4. The van der Waals surface area contributed by atoms with Gasteiger partial charge < -0.3 is 0 Å². The second-order valence-electron chi connectivity index (χ2n) is 11.9. The van der Waals surface area contributed by atoms with Gasteiger partial charge in [0.05, 0.1) is 33.8 Å². The fraction of sp³-hybridized carbons (Fsp3) is 0. The fourth-order valence-corrected chi connectivity index (χ4v) is 6.43. The lowest BCUT2D eigenvalue weighted by Gasteiger charge is -2.19. The number of aliphatic imine (C=N–C) groups is 2. The number of pyridine rings is 2. The average Bonchev–Trinajstić information content (AvgIpc) is 3.15. The smallest absolute Gasteiger partial charge is 0.116 e. The van der Waals surface area contributed by atoms with Crippen LogP contribution in [0.15, 0.2) is 180 Å². The first-order valence-corrected chi connectivity index (χ1v) is 16.1. The van der Waals surface area contributed by atoms with Crippen LogP contribution in [-0.4, -0.2) is 21.4 Å². The third-order valence-corrected chi connectivity index (χ3v) is 8.81. The molecule has 9 rings (SSSR count). The summed E-state index contributed by atoms with van der Waals surface area (Å²) in [7, 11) is 0. The highest BCUT2D eigenvalue weighted by Gasteiger charge is 2.24. The van der Waals surface area contributed by atoms with Crippen LogP contribution in [0.2, 0.25) is 0 Å². The quantitative estimate of drug-likeness (QED) is 0.199. The molecule has 0 fully saturated rings. The van der Waals surface area contributed by atoms with E-state index in [1.54, 1.807) is 0 Å². The lowest BCUT2D eigenvalue weighted by atomic mass is 9.96. The van der Waals surface area contributed by atoms with Gasteiger partial charge in [0.25, 0.3) is 0 Å². The molecule has 4 heteroatoms. The molecule has 0 N–H and O–H groups in total. The number of benzene rings is 6. The van der Waals surface area contributed by atoms with Crippen LogP contribution < -0.4 is 0 Å². The zero-order valence-corrected chi connectivity index (χ0v) is 26.0. The molecule has 0 spiro atoms. The first kappa shape index (κ1) is 27.8. The molecule has 0 radical (unpaired) electrons. The van der Waals surface area contributed by atoms with Crippen molar-refractivity contribution in [2.45, 2.75) is 0 Å². The minimum atomic E-state index is 0.731. The highest BCUT2D eigenvalue weighted by Crippen LogP contribution is 2.36. The fourth-order valence-electron chi connectivity index (χ4n) is 6.43. The predicted octanol–water partition coefficient (Wildman–Crippen LogP) is 10.8. The summed E-state index contributed by atoms with van der Waals surface area (Å²) < 4.78 is 0. The Morgan fingerprint density at radius 2 is 0.667 bits per heavy atom. The van der Waals surface area contributed by atoms with Crippen molar-refractivity contribution in [3.8, 4) is 22.3 Å². The van der Waals surface area contributed by atoms with Gasteiger partial charge in [-0.25, -0.2) is 20.0 Å². The minimum Gasteiger partial charge on any atom is -0.244 e. The molecule has 8 aromatic rings. The monoisotopic (exact) mass is 612 g/mol. The van der Waals surface area contributed by atoms with Crippen LogP contribution in [0.1, 0.15) is 22.5 Å². The summed E-state index contributed by atoms with van der Waals surface area (Å²) in [5.74, 6) is 0. The third kappa shape index (κ3) is 5.06. The van der Waals surface area contributed by atoms with Crippen LogP contribution in [0.4, 0.5) is 11.4 Å². The maximum atomic E-state index is 5.47. The zero-order valence-electron chi connectivity index (χ0n) is 26.0. The number of hydrogen-bond acceptors (Lipinski definition) is 4. The first-order valence-electron chi connectivity index (χ1n) is 16.1. The molecule has 0 unspecified atom stereocenters. The molecule has 1 aliphatic rings. The lowest BCUT2D eigenvalue weighted by Crippen LogP contribution is -2.13. The van der Waals surface area contributed by atoms with Crippen molar-refractivity contribution in [3.05, 3.63) is 192 Å². The standard InChI is InChI=1S/C44H28N4/c1-3-13-29(14-4-1)31-19-11-21-35(25-31)41-43-39(27-33-17-7-9-23-37(33)45-43)48-42(36-22-12-20-32(26-36)30-15-5-2-6-16-30)44-40(47-41)28-34-18-8-10-24-38(34)46-44/h1-28H/b43-41?,44-42?,47-40?,47-41-,48-39?,48-42-. The summed E-state index contributed by atoms with van der Waals surface area (Å²) in [4.78, 5) is 21.4. The van der Waals surface area contributed by atoms with E-state index < -0.39 is 0 Å². The van der Waals surface area contributed by atoms with Crippen LogP contribution >= 0.6 is 0 Å². The van der Waals surface area contributed by atoms with E-state index in [2.05, 4.69) is 121 Å². The number of aromatic nitrogens is 2. The number of para-hydroxylation sites is 2. The summed E-state index contributed by atoms with van der Waals surface area (Å²) in [5, 5.41) is 2.03. The van der Waals surface area contributed by atoms with E-state index in [0.717, 1.165) is 89.4 Å². The molecular weight excluding hydrogens is 585 g/mol. The molecule has 3 heterocycles. The van der Waals surface area contributed by atoms with Crippen molar-refractivity contribution in [2.75, 3.05) is 0 Å². The number of hydrogen-bond donors (Lipinski definition) is 0. The Balaban J connectivity index is 1.34.